The molecule has 0 N–H and O–H groups in total. The molecule has 0 aromatic rings. The zero-order chi connectivity index (χ0) is 20.0. The van der Waals surface area contributed by atoms with Crippen molar-refractivity contribution in [1.29, 1.82) is 0 Å². The third-order valence-corrected chi connectivity index (χ3v) is 8.52. The highest BCUT2D eigenvalue weighted by Gasteiger charge is 2.49. The van der Waals surface area contributed by atoms with Crippen molar-refractivity contribution < 1.29 is 0 Å². The summed E-state index contributed by atoms with van der Waals surface area (Å²) in [4.78, 5) is 0. The maximum Gasteiger partial charge on any atom is -0.0269 e. The van der Waals surface area contributed by atoms with Gasteiger partial charge >= 0.3 is 0 Å². The van der Waals surface area contributed by atoms with E-state index in [0.29, 0.717) is 10.8 Å². The maximum atomic E-state index is 2.60. The fraction of sp³-hybridized carbons (Fsp3) is 1.00. The molecule has 0 rings (SSSR count). The van der Waals surface area contributed by atoms with Crippen LogP contribution in [0.25, 0.3) is 0 Å². The Morgan fingerprint density at radius 3 is 1.40 bits per heavy atom. The number of hydrogen-bond acceptors (Lipinski definition) is 0. The van der Waals surface area contributed by atoms with Crippen molar-refractivity contribution in [3.63, 3.8) is 0 Å². The number of hydrogen-bond donors (Lipinski definition) is 0. The molecule has 5 atom stereocenters. The van der Waals surface area contributed by atoms with Crippen LogP contribution in [0.5, 0.6) is 0 Å². The maximum absolute atomic E-state index is 2.60. The quantitative estimate of drug-likeness (QED) is 0.329. The molecule has 0 aromatic heterocycles. The van der Waals surface area contributed by atoms with E-state index < -0.39 is 0 Å². The molecule has 0 aliphatic rings. The molecule has 0 aromatic carbocycles. The second-order valence-electron chi connectivity index (χ2n) is 10.6. The van der Waals surface area contributed by atoms with Crippen LogP contribution in [0.3, 0.4) is 0 Å². The van der Waals surface area contributed by atoms with Crippen LogP contribution in [0.2, 0.25) is 0 Å². The molecule has 0 saturated heterocycles. The largest absolute Gasteiger partial charge is 0.0654 e. The molecule has 0 amide bonds. The lowest BCUT2D eigenvalue weighted by molar-refractivity contribution is -0.0681. The van der Waals surface area contributed by atoms with Crippen LogP contribution in [0.4, 0.5) is 0 Å². The van der Waals surface area contributed by atoms with Crippen molar-refractivity contribution >= 4 is 0 Å². The van der Waals surface area contributed by atoms with Crippen LogP contribution in [0.1, 0.15) is 115 Å². The Hall–Kier alpha value is 0. The molecule has 0 spiro atoms. The van der Waals surface area contributed by atoms with E-state index in [1.54, 1.807) is 0 Å². The fourth-order valence-corrected chi connectivity index (χ4v) is 5.67. The van der Waals surface area contributed by atoms with Gasteiger partial charge in [0, 0.05) is 0 Å². The van der Waals surface area contributed by atoms with Gasteiger partial charge in [0.15, 0.2) is 0 Å². The Morgan fingerprint density at radius 1 is 0.600 bits per heavy atom. The van der Waals surface area contributed by atoms with E-state index in [-0.39, 0.29) is 0 Å². The Bertz CT molecular complexity index is 349. The van der Waals surface area contributed by atoms with Crippen LogP contribution in [-0.2, 0) is 0 Å². The molecule has 0 aliphatic carbocycles. The highest BCUT2D eigenvalue weighted by atomic mass is 14.5. The Labute approximate surface area is 161 Å². The molecule has 0 fully saturated rings. The van der Waals surface area contributed by atoms with Crippen LogP contribution in [0.15, 0.2) is 0 Å². The zero-order valence-corrected chi connectivity index (χ0v) is 20.0. The van der Waals surface area contributed by atoms with Gasteiger partial charge in [0.1, 0.15) is 0 Å². The fourth-order valence-electron chi connectivity index (χ4n) is 5.67. The minimum atomic E-state index is 0.353. The lowest BCUT2D eigenvalue weighted by Gasteiger charge is -2.55. The predicted molar refractivity (Wildman–Crippen MR) is 117 cm³/mol. The van der Waals surface area contributed by atoms with Gasteiger partial charge in [0.25, 0.3) is 0 Å². The third-order valence-electron chi connectivity index (χ3n) is 8.52. The van der Waals surface area contributed by atoms with Gasteiger partial charge in [-0.05, 0) is 52.8 Å². The lowest BCUT2D eigenvalue weighted by atomic mass is 9.49. The van der Waals surface area contributed by atoms with Crippen molar-refractivity contribution in [3.8, 4) is 0 Å². The Kier molecular flexibility index (Phi) is 10.4. The number of rotatable bonds is 12. The summed E-state index contributed by atoms with van der Waals surface area (Å²) in [6.45, 7) is 29.8. The van der Waals surface area contributed by atoms with Gasteiger partial charge in [-0.3, -0.25) is 0 Å². The Balaban J connectivity index is 5.80. The summed E-state index contributed by atoms with van der Waals surface area (Å²) in [5.74, 6) is 4.78. The summed E-state index contributed by atoms with van der Waals surface area (Å²) in [6, 6.07) is 0. The summed E-state index contributed by atoms with van der Waals surface area (Å²) in [5, 5.41) is 0. The van der Waals surface area contributed by atoms with Gasteiger partial charge in [-0.1, -0.05) is 109 Å². The van der Waals surface area contributed by atoms with Gasteiger partial charge in [-0.2, -0.15) is 0 Å². The van der Waals surface area contributed by atoms with Crippen molar-refractivity contribution in [2.24, 2.45) is 46.3 Å². The molecule has 25 heavy (non-hydrogen) atoms. The monoisotopic (exact) mass is 352 g/mol. The summed E-state index contributed by atoms with van der Waals surface area (Å²) >= 11 is 0. The molecule has 0 radical (unpaired) electrons. The van der Waals surface area contributed by atoms with Crippen LogP contribution in [0, 0.1) is 46.3 Å². The van der Waals surface area contributed by atoms with Gasteiger partial charge in [-0.25, -0.2) is 0 Å². The van der Waals surface area contributed by atoms with Crippen LogP contribution in [-0.4, -0.2) is 0 Å². The van der Waals surface area contributed by atoms with E-state index in [1.165, 1.54) is 32.1 Å². The standard InChI is InChI=1S/C25H52/c1-13-16-19(6)21(8)23(17-14-2)25(11,12)24(9,10)22(15-3)20(7)18(4)5/h18-23H,13-17H2,1-12H3. The molecule has 0 saturated carbocycles. The van der Waals surface area contributed by atoms with E-state index in [1.807, 2.05) is 0 Å². The molecular formula is C25H52. The SMILES string of the molecule is CCCC(C)C(C)C(CCC)C(C)(C)C(C)(C)C(CC)C(C)C(C)C. The lowest BCUT2D eigenvalue weighted by Crippen LogP contribution is -2.49. The molecular weight excluding hydrogens is 300 g/mol. The second kappa shape index (κ2) is 10.4. The van der Waals surface area contributed by atoms with E-state index in [9.17, 15) is 0 Å². The first-order chi connectivity index (χ1) is 11.4. The van der Waals surface area contributed by atoms with E-state index in [4.69, 9.17) is 0 Å². The van der Waals surface area contributed by atoms with Gasteiger partial charge < -0.3 is 0 Å². The molecule has 0 heterocycles. The average molecular weight is 353 g/mol. The topological polar surface area (TPSA) is 0 Å². The first-order valence-electron chi connectivity index (χ1n) is 11.4. The normalized spacial score (nSPS) is 19.6. The molecule has 0 bridgehead atoms. The molecule has 0 heteroatoms. The molecule has 152 valence electrons. The van der Waals surface area contributed by atoms with E-state index >= 15 is 0 Å². The smallest absolute Gasteiger partial charge is 0.0269 e. The minimum absolute atomic E-state index is 0.353. The Morgan fingerprint density at radius 2 is 1.04 bits per heavy atom. The van der Waals surface area contributed by atoms with E-state index in [0.717, 1.165) is 35.5 Å². The zero-order valence-electron chi connectivity index (χ0n) is 20.0. The van der Waals surface area contributed by atoms with Crippen LogP contribution < -0.4 is 0 Å². The predicted octanol–water partition coefficient (Wildman–Crippen LogP) is 8.85. The van der Waals surface area contributed by atoms with Crippen molar-refractivity contribution in [3.05, 3.63) is 0 Å². The molecule has 5 unspecified atom stereocenters. The van der Waals surface area contributed by atoms with Gasteiger partial charge in [-0.15, -0.1) is 0 Å². The third kappa shape index (κ3) is 5.74. The first-order valence-corrected chi connectivity index (χ1v) is 11.4. The minimum Gasteiger partial charge on any atom is -0.0654 e. The van der Waals surface area contributed by atoms with Crippen molar-refractivity contribution in [2.75, 3.05) is 0 Å². The molecule has 0 aliphatic heterocycles. The van der Waals surface area contributed by atoms with E-state index in [2.05, 4.69) is 83.1 Å². The highest BCUT2D eigenvalue weighted by Crippen LogP contribution is 2.56. The summed E-state index contributed by atoms with van der Waals surface area (Å²) in [6.07, 6.45) is 6.67. The van der Waals surface area contributed by atoms with Crippen molar-refractivity contribution in [2.45, 2.75) is 115 Å². The van der Waals surface area contributed by atoms with Crippen LogP contribution >= 0.6 is 0 Å². The average Bonchev–Trinajstić information content (AvgIpc) is 2.51. The second-order valence-corrected chi connectivity index (χ2v) is 10.6. The summed E-state index contributed by atoms with van der Waals surface area (Å²) < 4.78 is 0. The first kappa shape index (κ1) is 25.0. The van der Waals surface area contributed by atoms with Crippen molar-refractivity contribution in [1.82, 2.24) is 0 Å². The summed E-state index contributed by atoms with van der Waals surface area (Å²) in [5.41, 5.74) is 0.708. The summed E-state index contributed by atoms with van der Waals surface area (Å²) in [7, 11) is 0. The van der Waals surface area contributed by atoms with Gasteiger partial charge in [0.05, 0.1) is 0 Å². The molecule has 0 nitrogen and oxygen atoms in total. The highest BCUT2D eigenvalue weighted by molar-refractivity contribution is 4.98. The van der Waals surface area contributed by atoms with Gasteiger partial charge in [0.2, 0.25) is 0 Å².